The number of carbonyl (C=O) groups is 1. The van der Waals surface area contributed by atoms with Crippen molar-refractivity contribution in [1.82, 2.24) is 9.88 Å². The molecule has 0 saturated carbocycles. The number of ether oxygens (including phenoxy) is 1. The Morgan fingerprint density at radius 3 is 2.69 bits per heavy atom. The van der Waals surface area contributed by atoms with E-state index in [1.54, 1.807) is 0 Å². The third-order valence-corrected chi connectivity index (χ3v) is 5.14. The Balaban J connectivity index is 1.69. The van der Waals surface area contributed by atoms with Crippen LogP contribution in [0.3, 0.4) is 0 Å². The molecule has 26 heavy (non-hydrogen) atoms. The van der Waals surface area contributed by atoms with Crippen LogP contribution >= 0.6 is 0 Å². The first kappa shape index (κ1) is 16.8. The van der Waals surface area contributed by atoms with Crippen LogP contribution in [0.2, 0.25) is 0 Å². The van der Waals surface area contributed by atoms with Gasteiger partial charge in [0.05, 0.1) is 12.1 Å². The second-order valence-electron chi connectivity index (χ2n) is 6.75. The summed E-state index contributed by atoms with van der Waals surface area (Å²) in [7, 11) is 0. The molecule has 2 aliphatic heterocycles. The zero-order valence-corrected chi connectivity index (χ0v) is 14.6. The van der Waals surface area contributed by atoms with E-state index >= 15 is 0 Å². The lowest BCUT2D eigenvalue weighted by atomic mass is 9.87. The summed E-state index contributed by atoms with van der Waals surface area (Å²) in [6.45, 7) is 2.89. The fourth-order valence-electron chi connectivity index (χ4n) is 3.80. The molecule has 0 spiro atoms. The van der Waals surface area contributed by atoms with Crippen LogP contribution in [-0.2, 0) is 11.4 Å². The largest absolute Gasteiger partial charge is 0.487 e. The molecule has 1 N–H and O–H groups in total. The van der Waals surface area contributed by atoms with Crippen LogP contribution < -0.4 is 4.74 Å². The van der Waals surface area contributed by atoms with Gasteiger partial charge in [-0.1, -0.05) is 29.8 Å². The van der Waals surface area contributed by atoms with E-state index in [2.05, 4.69) is 22.0 Å². The predicted octanol–water partition coefficient (Wildman–Crippen LogP) is 3.35. The van der Waals surface area contributed by atoms with E-state index in [0.717, 1.165) is 48.5 Å². The zero-order valence-electron chi connectivity index (χ0n) is 14.6. The monoisotopic (exact) mass is 350 g/mol. The summed E-state index contributed by atoms with van der Waals surface area (Å²) in [6, 6.07) is 12.3. The topological polar surface area (TPSA) is 62.7 Å². The summed E-state index contributed by atoms with van der Waals surface area (Å²) in [6.07, 6.45) is 3.90. The van der Waals surface area contributed by atoms with Gasteiger partial charge < -0.3 is 14.7 Å². The van der Waals surface area contributed by atoms with Gasteiger partial charge in [-0.2, -0.15) is 0 Å². The van der Waals surface area contributed by atoms with Gasteiger partial charge in [0, 0.05) is 37.0 Å². The molecule has 1 aromatic heterocycles. The number of aliphatic carboxylic acids is 1. The number of carboxylic acid groups (broad SMARTS) is 1. The average Bonchev–Trinajstić information content (AvgIpc) is 2.84. The molecule has 1 saturated heterocycles. The minimum atomic E-state index is -0.732. The van der Waals surface area contributed by atoms with Crippen LogP contribution in [-0.4, -0.2) is 40.6 Å². The molecule has 0 bridgehead atoms. The molecule has 0 amide bonds. The molecule has 4 rings (SSSR count). The predicted molar refractivity (Wildman–Crippen MR) is 99.0 cm³/mol. The highest BCUT2D eigenvalue weighted by atomic mass is 16.5. The number of likely N-dealkylation sites (tertiary alicyclic amines) is 1. The van der Waals surface area contributed by atoms with Crippen LogP contribution in [0.1, 0.15) is 36.1 Å². The fourth-order valence-corrected chi connectivity index (χ4v) is 3.80. The number of para-hydroxylation sites is 1. The Labute approximate surface area is 152 Å². The Kier molecular flexibility index (Phi) is 4.71. The average molecular weight is 350 g/mol. The van der Waals surface area contributed by atoms with Crippen molar-refractivity contribution < 1.29 is 14.6 Å². The quantitative estimate of drug-likeness (QED) is 0.920. The molecule has 0 unspecified atom stereocenters. The number of fused-ring (bicyclic) bond motifs is 2. The summed E-state index contributed by atoms with van der Waals surface area (Å²) in [4.78, 5) is 17.6. The molecule has 2 aromatic rings. The van der Waals surface area contributed by atoms with Gasteiger partial charge in [-0.25, -0.2) is 0 Å². The van der Waals surface area contributed by atoms with Gasteiger partial charge in [-0.05, 0) is 30.5 Å². The van der Waals surface area contributed by atoms with E-state index in [0.29, 0.717) is 13.2 Å². The van der Waals surface area contributed by atoms with E-state index in [-0.39, 0.29) is 6.42 Å². The molecular weight excluding hydrogens is 328 g/mol. The molecule has 3 heterocycles. The maximum Gasteiger partial charge on any atom is 0.304 e. The summed E-state index contributed by atoms with van der Waals surface area (Å²) in [5.74, 6) is 0.172. The normalized spacial score (nSPS) is 17.1. The number of pyridine rings is 1. The second-order valence-corrected chi connectivity index (χ2v) is 6.75. The fraction of sp³-hybridized carbons (Fsp3) is 0.333. The van der Waals surface area contributed by atoms with Gasteiger partial charge in [0.25, 0.3) is 0 Å². The van der Waals surface area contributed by atoms with Crippen molar-refractivity contribution >= 4 is 11.5 Å². The summed E-state index contributed by atoms with van der Waals surface area (Å²) >= 11 is 0. The molecule has 2 aliphatic rings. The van der Waals surface area contributed by atoms with E-state index in [9.17, 15) is 4.79 Å². The SMILES string of the molecule is O=C(O)CCN1CCC(=C2c3ccccc3OCc3ncccc32)CC1. The van der Waals surface area contributed by atoms with Gasteiger partial charge in [0.2, 0.25) is 0 Å². The van der Waals surface area contributed by atoms with Crippen LogP contribution in [0.5, 0.6) is 5.75 Å². The minimum Gasteiger partial charge on any atom is -0.487 e. The first-order valence-electron chi connectivity index (χ1n) is 9.05. The van der Waals surface area contributed by atoms with Crippen molar-refractivity contribution in [1.29, 1.82) is 0 Å². The molecule has 0 atom stereocenters. The maximum absolute atomic E-state index is 10.8. The number of benzene rings is 1. The first-order chi connectivity index (χ1) is 12.7. The summed E-state index contributed by atoms with van der Waals surface area (Å²) in [5, 5.41) is 8.89. The third-order valence-electron chi connectivity index (χ3n) is 5.14. The number of aromatic nitrogens is 1. The number of rotatable bonds is 3. The molecule has 5 nitrogen and oxygen atoms in total. The Morgan fingerprint density at radius 1 is 1.12 bits per heavy atom. The highest BCUT2D eigenvalue weighted by Crippen LogP contribution is 2.40. The summed E-state index contributed by atoms with van der Waals surface area (Å²) < 4.78 is 6.01. The molecule has 1 fully saturated rings. The zero-order chi connectivity index (χ0) is 17.9. The van der Waals surface area contributed by atoms with Gasteiger partial charge >= 0.3 is 5.97 Å². The lowest BCUT2D eigenvalue weighted by Gasteiger charge is -2.29. The number of hydrogen-bond donors (Lipinski definition) is 1. The highest BCUT2D eigenvalue weighted by molar-refractivity contribution is 5.86. The Hall–Kier alpha value is -2.66. The lowest BCUT2D eigenvalue weighted by molar-refractivity contribution is -0.137. The number of piperidine rings is 1. The maximum atomic E-state index is 10.8. The van der Waals surface area contributed by atoms with Gasteiger partial charge in [0.15, 0.2) is 0 Å². The Morgan fingerprint density at radius 2 is 1.88 bits per heavy atom. The lowest BCUT2D eigenvalue weighted by Crippen LogP contribution is -2.33. The van der Waals surface area contributed by atoms with Crippen LogP contribution in [0, 0.1) is 0 Å². The van der Waals surface area contributed by atoms with Crippen LogP contribution in [0.25, 0.3) is 5.57 Å². The molecule has 5 heteroatoms. The second kappa shape index (κ2) is 7.30. The highest BCUT2D eigenvalue weighted by Gasteiger charge is 2.25. The van der Waals surface area contributed by atoms with Crippen molar-refractivity contribution in [3.63, 3.8) is 0 Å². The van der Waals surface area contributed by atoms with Gasteiger partial charge in [0.1, 0.15) is 12.4 Å². The van der Waals surface area contributed by atoms with E-state index in [1.807, 2.05) is 30.5 Å². The number of hydrogen-bond acceptors (Lipinski definition) is 4. The molecule has 0 aliphatic carbocycles. The molecular formula is C21H22N2O3. The molecule has 0 radical (unpaired) electrons. The van der Waals surface area contributed by atoms with Crippen molar-refractivity contribution in [2.75, 3.05) is 19.6 Å². The third kappa shape index (κ3) is 3.35. The van der Waals surface area contributed by atoms with Gasteiger partial charge in [-0.3, -0.25) is 9.78 Å². The number of nitrogens with zero attached hydrogens (tertiary/aromatic N) is 2. The standard InChI is InChI=1S/C21H22N2O3/c24-20(25)9-13-23-11-7-15(8-12-23)21-16-5-3-10-22-18(16)14-26-19-6-2-1-4-17(19)21/h1-6,10H,7-9,11-14H2,(H,24,25). The van der Waals surface area contributed by atoms with Crippen molar-refractivity contribution in [2.24, 2.45) is 0 Å². The van der Waals surface area contributed by atoms with Crippen LogP contribution in [0.4, 0.5) is 0 Å². The smallest absolute Gasteiger partial charge is 0.304 e. The van der Waals surface area contributed by atoms with E-state index in [1.165, 1.54) is 11.1 Å². The van der Waals surface area contributed by atoms with Gasteiger partial charge in [-0.15, -0.1) is 0 Å². The molecule has 1 aromatic carbocycles. The molecule has 134 valence electrons. The van der Waals surface area contributed by atoms with E-state index in [4.69, 9.17) is 9.84 Å². The van der Waals surface area contributed by atoms with Crippen LogP contribution in [0.15, 0.2) is 48.2 Å². The Bertz CT molecular complexity index is 800. The van der Waals surface area contributed by atoms with Crippen molar-refractivity contribution in [3.8, 4) is 5.75 Å². The van der Waals surface area contributed by atoms with Crippen molar-refractivity contribution in [2.45, 2.75) is 25.9 Å². The van der Waals surface area contributed by atoms with E-state index < -0.39 is 5.97 Å². The number of carboxylic acids is 1. The van der Waals surface area contributed by atoms with Crippen molar-refractivity contribution in [3.05, 3.63) is 65.0 Å². The first-order valence-corrected chi connectivity index (χ1v) is 9.05. The summed E-state index contributed by atoms with van der Waals surface area (Å²) in [5.41, 5.74) is 5.92. The minimum absolute atomic E-state index is 0.204.